The van der Waals surface area contributed by atoms with E-state index in [1.807, 2.05) is 11.3 Å². The van der Waals surface area contributed by atoms with E-state index in [9.17, 15) is 0 Å². The summed E-state index contributed by atoms with van der Waals surface area (Å²) in [6.45, 7) is 4.74. The molecule has 1 nitrogen and oxygen atoms in total. The highest BCUT2D eigenvalue weighted by molar-refractivity contribution is 7.26. The molecule has 9 aromatic carbocycles. The van der Waals surface area contributed by atoms with E-state index < -0.39 is 0 Å². The first-order chi connectivity index (χ1) is 29.0. The lowest BCUT2D eigenvalue weighted by molar-refractivity contribution is 0.660. The molecule has 11 rings (SSSR count). The lowest BCUT2D eigenvalue weighted by atomic mass is 9.82. The highest BCUT2D eigenvalue weighted by Crippen LogP contribution is 2.53. The Kier molecular flexibility index (Phi) is 8.43. The van der Waals surface area contributed by atoms with Gasteiger partial charge in [-0.3, -0.25) is 0 Å². The Balaban J connectivity index is 1.20. The van der Waals surface area contributed by atoms with E-state index >= 15 is 0 Å². The minimum absolute atomic E-state index is 0.149. The van der Waals surface area contributed by atoms with E-state index in [-0.39, 0.29) is 5.41 Å². The van der Waals surface area contributed by atoms with Crippen molar-refractivity contribution in [2.75, 3.05) is 4.90 Å². The van der Waals surface area contributed by atoms with Gasteiger partial charge in [0.05, 0.1) is 5.69 Å². The second kappa shape index (κ2) is 14.1. The van der Waals surface area contributed by atoms with Gasteiger partial charge in [0.15, 0.2) is 0 Å². The van der Waals surface area contributed by atoms with Gasteiger partial charge < -0.3 is 4.90 Å². The van der Waals surface area contributed by atoms with Gasteiger partial charge in [-0.25, -0.2) is 0 Å². The normalized spacial score (nSPS) is 12.7. The Bertz CT molecular complexity index is 3160. The molecule has 0 unspecified atom stereocenters. The van der Waals surface area contributed by atoms with Crippen molar-refractivity contribution in [1.82, 2.24) is 0 Å². The monoisotopic (exact) mass is 771 g/mol. The third-order valence-corrected chi connectivity index (χ3v) is 13.4. The molecule has 0 N–H and O–H groups in total. The third kappa shape index (κ3) is 5.91. The van der Waals surface area contributed by atoms with Crippen LogP contribution >= 0.6 is 11.3 Å². The fourth-order valence-electron chi connectivity index (χ4n) is 9.40. The minimum Gasteiger partial charge on any atom is -0.310 e. The molecule has 1 aliphatic rings. The van der Waals surface area contributed by atoms with Gasteiger partial charge in [0.2, 0.25) is 0 Å². The number of rotatable bonds is 7. The predicted octanol–water partition coefficient (Wildman–Crippen LogP) is 16.5. The van der Waals surface area contributed by atoms with Crippen LogP contribution in [0.3, 0.4) is 0 Å². The van der Waals surface area contributed by atoms with E-state index in [2.05, 4.69) is 231 Å². The van der Waals surface area contributed by atoms with Crippen molar-refractivity contribution < 1.29 is 0 Å². The van der Waals surface area contributed by atoms with Gasteiger partial charge in [-0.15, -0.1) is 11.3 Å². The van der Waals surface area contributed by atoms with Crippen LogP contribution in [0.25, 0.3) is 75.8 Å². The molecule has 0 saturated heterocycles. The van der Waals surface area contributed by atoms with Gasteiger partial charge in [-0.2, -0.15) is 0 Å². The molecule has 0 saturated carbocycles. The van der Waals surface area contributed by atoms with Crippen LogP contribution in [0.2, 0.25) is 0 Å². The molecular formula is C57H41NS. The van der Waals surface area contributed by atoms with Crippen LogP contribution in [0.15, 0.2) is 212 Å². The summed E-state index contributed by atoms with van der Waals surface area (Å²) in [6, 6.07) is 78.2. The number of anilines is 3. The second-order valence-electron chi connectivity index (χ2n) is 16.1. The van der Waals surface area contributed by atoms with Crippen molar-refractivity contribution in [3.63, 3.8) is 0 Å². The summed E-state index contributed by atoms with van der Waals surface area (Å²) < 4.78 is 2.58. The van der Waals surface area contributed by atoms with Gasteiger partial charge in [-0.05, 0) is 104 Å². The van der Waals surface area contributed by atoms with E-state index in [0.29, 0.717) is 0 Å². The van der Waals surface area contributed by atoms with E-state index in [4.69, 9.17) is 0 Å². The molecule has 1 heterocycles. The smallest absolute Gasteiger partial charge is 0.0547 e. The van der Waals surface area contributed by atoms with Crippen LogP contribution < -0.4 is 4.90 Å². The summed E-state index contributed by atoms with van der Waals surface area (Å²) in [4.78, 5) is 2.52. The van der Waals surface area contributed by atoms with Crippen LogP contribution in [0.4, 0.5) is 17.1 Å². The molecule has 2 heteroatoms. The zero-order valence-electron chi connectivity index (χ0n) is 33.1. The van der Waals surface area contributed by atoms with Gasteiger partial charge in [0.25, 0.3) is 0 Å². The Morgan fingerprint density at radius 1 is 0.373 bits per heavy atom. The Hall–Kier alpha value is -7.00. The molecule has 0 aliphatic heterocycles. The SMILES string of the molecule is CC1(C)c2ccccc2-c2ccc(N(c3ccc(-c4ccccc4)c(-c4ccccc4)c3)c3ccc4sc5ccccc5c4c3-c3ccc(-c4ccccc4)cc3)cc21. The molecule has 10 aromatic rings. The topological polar surface area (TPSA) is 3.24 Å². The quantitative estimate of drug-likeness (QED) is 0.156. The number of nitrogens with zero attached hydrogens (tertiary/aromatic N) is 1. The Morgan fingerprint density at radius 3 is 1.64 bits per heavy atom. The molecule has 0 fully saturated rings. The van der Waals surface area contributed by atoms with Crippen LogP contribution in [-0.2, 0) is 5.41 Å². The molecule has 280 valence electrons. The lowest BCUT2D eigenvalue weighted by Gasteiger charge is -2.31. The summed E-state index contributed by atoms with van der Waals surface area (Å²) in [5, 5.41) is 2.57. The second-order valence-corrected chi connectivity index (χ2v) is 17.2. The van der Waals surface area contributed by atoms with Crippen molar-refractivity contribution in [3.05, 3.63) is 223 Å². The molecule has 59 heavy (non-hydrogen) atoms. The van der Waals surface area contributed by atoms with E-state index in [0.717, 1.165) is 17.1 Å². The number of thiophene rings is 1. The number of hydrogen-bond acceptors (Lipinski definition) is 2. The maximum atomic E-state index is 2.52. The largest absolute Gasteiger partial charge is 0.310 e. The maximum Gasteiger partial charge on any atom is 0.0547 e. The van der Waals surface area contributed by atoms with Crippen molar-refractivity contribution in [3.8, 4) is 55.6 Å². The van der Waals surface area contributed by atoms with Crippen molar-refractivity contribution in [1.29, 1.82) is 0 Å². The zero-order chi connectivity index (χ0) is 39.5. The van der Waals surface area contributed by atoms with Gasteiger partial charge in [0.1, 0.15) is 0 Å². The maximum absolute atomic E-state index is 2.52. The van der Waals surface area contributed by atoms with Gasteiger partial charge in [0, 0.05) is 42.5 Å². The summed E-state index contributed by atoms with van der Waals surface area (Å²) >= 11 is 1.87. The number of hydrogen-bond donors (Lipinski definition) is 0. The minimum atomic E-state index is -0.149. The Morgan fingerprint density at radius 2 is 0.915 bits per heavy atom. The number of fused-ring (bicyclic) bond motifs is 6. The van der Waals surface area contributed by atoms with Gasteiger partial charge in [-0.1, -0.05) is 184 Å². The van der Waals surface area contributed by atoms with Crippen LogP contribution in [-0.4, -0.2) is 0 Å². The first-order valence-electron chi connectivity index (χ1n) is 20.4. The first kappa shape index (κ1) is 35.2. The summed E-state index contributed by atoms with van der Waals surface area (Å²) in [7, 11) is 0. The average Bonchev–Trinajstić information content (AvgIpc) is 3.79. The van der Waals surface area contributed by atoms with Crippen molar-refractivity contribution in [2.45, 2.75) is 19.3 Å². The van der Waals surface area contributed by atoms with E-state index in [1.165, 1.54) is 86.9 Å². The average molecular weight is 772 g/mol. The molecule has 0 radical (unpaired) electrons. The molecular weight excluding hydrogens is 731 g/mol. The lowest BCUT2D eigenvalue weighted by Crippen LogP contribution is -2.17. The molecule has 0 bridgehead atoms. The highest BCUT2D eigenvalue weighted by Gasteiger charge is 2.36. The standard InChI is InChI=1S/C57H41NS/c1-57(2)50-24-14-12-22-46(50)47-33-31-44(37-51(47)57)58(43-30-32-45(40-18-8-4-9-19-40)49(36-43)41-20-10-5-11-21-41)52-34-35-54-56(48-23-13-15-25-53(48)59-54)55(52)42-28-26-39(27-29-42)38-16-6-3-7-17-38/h3-37H,1-2H3. The molecule has 1 aliphatic carbocycles. The fraction of sp³-hybridized carbons (Fsp3) is 0.0526. The Labute approximate surface area is 350 Å². The summed E-state index contributed by atoms with van der Waals surface area (Å²) in [5.74, 6) is 0. The van der Waals surface area contributed by atoms with E-state index in [1.54, 1.807) is 0 Å². The molecule has 1 aromatic heterocycles. The molecule has 0 atom stereocenters. The van der Waals surface area contributed by atoms with Gasteiger partial charge >= 0.3 is 0 Å². The number of benzene rings is 9. The summed E-state index contributed by atoms with van der Waals surface area (Å²) in [6.07, 6.45) is 0. The zero-order valence-corrected chi connectivity index (χ0v) is 33.9. The van der Waals surface area contributed by atoms with Crippen molar-refractivity contribution >= 4 is 48.6 Å². The van der Waals surface area contributed by atoms with Crippen LogP contribution in [0, 0.1) is 0 Å². The first-order valence-corrected chi connectivity index (χ1v) is 21.2. The van der Waals surface area contributed by atoms with Crippen molar-refractivity contribution in [2.24, 2.45) is 0 Å². The van der Waals surface area contributed by atoms with Crippen LogP contribution in [0.1, 0.15) is 25.0 Å². The highest BCUT2D eigenvalue weighted by atomic mass is 32.1. The summed E-state index contributed by atoms with van der Waals surface area (Å²) in [5.41, 5.74) is 18.3. The van der Waals surface area contributed by atoms with Crippen LogP contribution in [0.5, 0.6) is 0 Å². The third-order valence-electron chi connectivity index (χ3n) is 12.3. The molecule has 0 amide bonds. The molecule has 0 spiro atoms. The predicted molar refractivity (Wildman–Crippen MR) is 253 cm³/mol. The fourth-order valence-corrected chi connectivity index (χ4v) is 10.5.